The summed E-state index contributed by atoms with van der Waals surface area (Å²) in [6, 6.07) is 16.2. The lowest BCUT2D eigenvalue weighted by molar-refractivity contribution is 0.199. The summed E-state index contributed by atoms with van der Waals surface area (Å²) in [6.07, 6.45) is 4.05. The summed E-state index contributed by atoms with van der Waals surface area (Å²) < 4.78 is 11.3. The van der Waals surface area contributed by atoms with Crippen LogP contribution >= 0.6 is 0 Å². The molecule has 2 N–H and O–H groups in total. The van der Waals surface area contributed by atoms with Crippen molar-refractivity contribution >= 4 is 10.8 Å². The van der Waals surface area contributed by atoms with Crippen molar-refractivity contribution in [1.29, 1.82) is 0 Å². The van der Waals surface area contributed by atoms with E-state index in [1.807, 2.05) is 30.3 Å². The van der Waals surface area contributed by atoms with E-state index in [4.69, 9.17) is 14.9 Å². The second-order valence-electron chi connectivity index (χ2n) is 4.72. The lowest BCUT2D eigenvalue weighted by Crippen LogP contribution is -2.12. The molecule has 0 radical (unpaired) electrons. The van der Waals surface area contributed by atoms with Crippen LogP contribution in [0.3, 0.4) is 0 Å². The van der Waals surface area contributed by atoms with Gasteiger partial charge in [0.15, 0.2) is 0 Å². The summed E-state index contributed by atoms with van der Waals surface area (Å²) in [4.78, 5) is 0. The van der Waals surface area contributed by atoms with Gasteiger partial charge in [-0.3, -0.25) is 0 Å². The van der Waals surface area contributed by atoms with Crippen LogP contribution in [-0.4, -0.2) is 6.54 Å². The number of benzene rings is 2. The topological polar surface area (TPSA) is 48.4 Å². The second kappa shape index (κ2) is 5.80. The van der Waals surface area contributed by atoms with Gasteiger partial charge in [0.25, 0.3) is 0 Å². The van der Waals surface area contributed by atoms with Gasteiger partial charge in [-0.1, -0.05) is 36.4 Å². The molecule has 0 saturated carbocycles. The van der Waals surface area contributed by atoms with E-state index in [1.165, 1.54) is 5.39 Å². The molecule has 1 aromatic heterocycles. The van der Waals surface area contributed by atoms with Crippen molar-refractivity contribution in [1.82, 2.24) is 0 Å². The van der Waals surface area contributed by atoms with Gasteiger partial charge in [-0.25, -0.2) is 0 Å². The van der Waals surface area contributed by atoms with Crippen LogP contribution in [0.4, 0.5) is 0 Å². The molecule has 0 aliphatic carbocycles. The summed E-state index contributed by atoms with van der Waals surface area (Å²) in [7, 11) is 0. The summed E-state index contributed by atoms with van der Waals surface area (Å²) in [6.45, 7) is 0.570. The van der Waals surface area contributed by atoms with Crippen molar-refractivity contribution in [3.05, 3.63) is 66.6 Å². The van der Waals surface area contributed by atoms with Crippen LogP contribution in [-0.2, 0) is 0 Å². The van der Waals surface area contributed by atoms with E-state index in [-0.39, 0.29) is 6.10 Å². The Kier molecular flexibility index (Phi) is 3.70. The van der Waals surface area contributed by atoms with Gasteiger partial charge >= 0.3 is 0 Å². The zero-order chi connectivity index (χ0) is 13.8. The molecule has 20 heavy (non-hydrogen) atoms. The number of rotatable bonds is 5. The first-order valence-corrected chi connectivity index (χ1v) is 6.75. The Morgan fingerprint density at radius 1 is 1.05 bits per heavy atom. The third kappa shape index (κ3) is 2.53. The van der Waals surface area contributed by atoms with Gasteiger partial charge in [0.05, 0.1) is 12.5 Å². The fourth-order valence-corrected chi connectivity index (χ4v) is 2.35. The smallest absolute Gasteiger partial charge is 0.128 e. The SMILES string of the molecule is NCCC(Oc1cccc2ccccc12)c1ccoc1. The molecule has 0 aliphatic rings. The van der Waals surface area contributed by atoms with E-state index in [1.54, 1.807) is 12.5 Å². The van der Waals surface area contributed by atoms with Gasteiger partial charge in [-0.2, -0.15) is 0 Å². The van der Waals surface area contributed by atoms with E-state index in [9.17, 15) is 0 Å². The van der Waals surface area contributed by atoms with E-state index >= 15 is 0 Å². The lowest BCUT2D eigenvalue weighted by Gasteiger charge is -2.18. The average molecular weight is 267 g/mol. The first-order valence-electron chi connectivity index (χ1n) is 6.75. The van der Waals surface area contributed by atoms with Crippen molar-refractivity contribution in [3.8, 4) is 5.75 Å². The molecule has 102 valence electrons. The van der Waals surface area contributed by atoms with Crippen molar-refractivity contribution < 1.29 is 9.15 Å². The predicted molar refractivity (Wildman–Crippen MR) is 79.7 cm³/mol. The molecular weight excluding hydrogens is 250 g/mol. The minimum atomic E-state index is -0.0791. The van der Waals surface area contributed by atoms with Crippen LogP contribution in [0.25, 0.3) is 10.8 Å². The zero-order valence-electron chi connectivity index (χ0n) is 11.2. The highest BCUT2D eigenvalue weighted by Crippen LogP contribution is 2.31. The third-order valence-electron chi connectivity index (χ3n) is 3.36. The summed E-state index contributed by atoms with van der Waals surface area (Å²) in [5.74, 6) is 0.878. The average Bonchev–Trinajstić information content (AvgIpc) is 3.01. The first-order chi connectivity index (χ1) is 9.88. The molecule has 3 rings (SSSR count). The molecule has 3 aromatic rings. The van der Waals surface area contributed by atoms with Gasteiger partial charge in [0.2, 0.25) is 0 Å². The van der Waals surface area contributed by atoms with E-state index < -0.39 is 0 Å². The number of ether oxygens (including phenoxy) is 1. The predicted octanol–water partition coefficient (Wildman–Crippen LogP) is 3.90. The molecule has 3 heteroatoms. The van der Waals surface area contributed by atoms with Crippen LogP contribution in [0.5, 0.6) is 5.75 Å². The Balaban J connectivity index is 1.94. The minimum Gasteiger partial charge on any atom is -0.485 e. The van der Waals surface area contributed by atoms with E-state index in [2.05, 4.69) is 18.2 Å². The van der Waals surface area contributed by atoms with Gasteiger partial charge in [0, 0.05) is 17.4 Å². The third-order valence-corrected chi connectivity index (χ3v) is 3.36. The normalized spacial score (nSPS) is 12.4. The highest BCUT2D eigenvalue weighted by Gasteiger charge is 2.15. The number of hydrogen-bond acceptors (Lipinski definition) is 3. The Morgan fingerprint density at radius 2 is 1.90 bits per heavy atom. The van der Waals surface area contributed by atoms with Gasteiger partial charge in [0.1, 0.15) is 11.9 Å². The fourth-order valence-electron chi connectivity index (χ4n) is 2.35. The van der Waals surface area contributed by atoms with Crippen LogP contribution < -0.4 is 10.5 Å². The molecule has 0 amide bonds. The van der Waals surface area contributed by atoms with Crippen LogP contribution in [0.15, 0.2) is 65.5 Å². The number of nitrogens with two attached hydrogens (primary N) is 1. The van der Waals surface area contributed by atoms with Crippen LogP contribution in [0, 0.1) is 0 Å². The monoisotopic (exact) mass is 267 g/mol. The summed E-state index contributed by atoms with van der Waals surface area (Å²) in [5.41, 5.74) is 6.71. The molecule has 1 heterocycles. The first kappa shape index (κ1) is 12.8. The second-order valence-corrected chi connectivity index (χ2v) is 4.72. The minimum absolute atomic E-state index is 0.0791. The van der Waals surface area contributed by atoms with E-state index in [0.29, 0.717) is 6.54 Å². The fraction of sp³-hybridized carbons (Fsp3) is 0.176. The molecule has 0 saturated heterocycles. The van der Waals surface area contributed by atoms with Gasteiger partial charge < -0.3 is 14.9 Å². The highest BCUT2D eigenvalue weighted by molar-refractivity contribution is 5.88. The Bertz CT molecular complexity index is 671. The number of fused-ring (bicyclic) bond motifs is 1. The molecule has 1 unspecified atom stereocenters. The number of hydrogen-bond donors (Lipinski definition) is 1. The summed E-state index contributed by atoms with van der Waals surface area (Å²) in [5, 5.41) is 2.28. The molecule has 1 atom stereocenters. The standard InChI is InChI=1S/C17H17NO2/c18-10-8-16(14-9-11-19-12-14)20-17-7-3-5-13-4-1-2-6-15(13)17/h1-7,9,11-12,16H,8,10,18H2. The maximum atomic E-state index is 6.17. The maximum absolute atomic E-state index is 6.17. The van der Waals surface area contributed by atoms with Gasteiger partial charge in [-0.05, 0) is 24.1 Å². The molecule has 2 aromatic carbocycles. The van der Waals surface area contributed by atoms with Crippen LogP contribution in [0.2, 0.25) is 0 Å². The highest BCUT2D eigenvalue weighted by atomic mass is 16.5. The largest absolute Gasteiger partial charge is 0.485 e. The Labute approximate surface area is 118 Å². The molecule has 0 aliphatic heterocycles. The summed E-state index contributed by atoms with van der Waals surface area (Å²) >= 11 is 0. The zero-order valence-corrected chi connectivity index (χ0v) is 11.2. The van der Waals surface area contributed by atoms with Crippen molar-refractivity contribution in [2.45, 2.75) is 12.5 Å². The van der Waals surface area contributed by atoms with Crippen molar-refractivity contribution in [2.24, 2.45) is 5.73 Å². The van der Waals surface area contributed by atoms with E-state index in [0.717, 1.165) is 23.1 Å². The molecule has 0 fully saturated rings. The van der Waals surface area contributed by atoms with Crippen molar-refractivity contribution in [3.63, 3.8) is 0 Å². The lowest BCUT2D eigenvalue weighted by atomic mass is 10.1. The Hall–Kier alpha value is -2.26. The molecule has 0 bridgehead atoms. The number of furan rings is 1. The molecular formula is C17H17NO2. The van der Waals surface area contributed by atoms with Crippen LogP contribution in [0.1, 0.15) is 18.1 Å². The van der Waals surface area contributed by atoms with Crippen molar-refractivity contribution in [2.75, 3.05) is 6.54 Å². The van der Waals surface area contributed by atoms with Gasteiger partial charge in [-0.15, -0.1) is 0 Å². The molecule has 3 nitrogen and oxygen atoms in total. The Morgan fingerprint density at radius 3 is 2.70 bits per heavy atom. The maximum Gasteiger partial charge on any atom is 0.128 e. The quantitative estimate of drug-likeness (QED) is 0.762. The molecule has 0 spiro atoms.